The predicted octanol–water partition coefficient (Wildman–Crippen LogP) is 2.31. The van der Waals surface area contributed by atoms with Gasteiger partial charge >= 0.3 is 5.97 Å². The van der Waals surface area contributed by atoms with E-state index in [1.54, 1.807) is 0 Å². The maximum absolute atomic E-state index is 11.7. The number of cyclic esters (lactones) is 1. The number of rotatable bonds is 11. The summed E-state index contributed by atoms with van der Waals surface area (Å²) >= 11 is 0. The normalized spacial score (nSPS) is 19.3. The fourth-order valence-corrected chi connectivity index (χ4v) is 2.53. The van der Waals surface area contributed by atoms with Crippen molar-refractivity contribution in [1.29, 1.82) is 0 Å². The maximum Gasteiger partial charge on any atom is 0.328 e. The van der Waals surface area contributed by atoms with Gasteiger partial charge in [-0.25, -0.2) is 4.79 Å². The second-order valence-corrected chi connectivity index (χ2v) is 5.84. The number of ether oxygens (including phenoxy) is 1. The predicted molar refractivity (Wildman–Crippen MR) is 80.7 cm³/mol. The van der Waals surface area contributed by atoms with Gasteiger partial charge in [-0.3, -0.25) is 4.79 Å². The first-order valence-electron chi connectivity index (χ1n) is 8.27. The van der Waals surface area contributed by atoms with Gasteiger partial charge in [-0.15, -0.1) is 0 Å². The number of aliphatic hydroxyl groups excluding tert-OH is 1. The summed E-state index contributed by atoms with van der Waals surface area (Å²) in [6, 6.07) is -0.525. The molecule has 0 aliphatic carbocycles. The number of aliphatic hydroxyl groups is 1. The van der Waals surface area contributed by atoms with Crippen LogP contribution in [0.1, 0.15) is 71.1 Å². The van der Waals surface area contributed by atoms with E-state index in [1.807, 2.05) is 0 Å². The summed E-state index contributed by atoms with van der Waals surface area (Å²) in [5.41, 5.74) is 0. The summed E-state index contributed by atoms with van der Waals surface area (Å²) in [4.78, 5) is 22.9. The number of amides is 1. The van der Waals surface area contributed by atoms with Crippen LogP contribution in [0, 0.1) is 0 Å². The standard InChI is InChI=1S/C16H29NO4/c1-2-3-4-5-6-7-8-9-13(18)12-15(19)17-14-10-11-21-16(14)20/h13-14,18H,2-12H2,1H3,(H,17,19)/t13-,14-/m0/s1. The van der Waals surface area contributed by atoms with E-state index < -0.39 is 12.1 Å². The lowest BCUT2D eigenvalue weighted by molar-refractivity contribution is -0.141. The van der Waals surface area contributed by atoms with E-state index in [0.29, 0.717) is 19.4 Å². The van der Waals surface area contributed by atoms with Crippen molar-refractivity contribution >= 4 is 11.9 Å². The van der Waals surface area contributed by atoms with Gasteiger partial charge in [-0.05, 0) is 6.42 Å². The number of carbonyl (C=O) groups is 2. The summed E-state index contributed by atoms with van der Waals surface area (Å²) in [6.07, 6.45) is 8.99. The van der Waals surface area contributed by atoms with Crippen LogP contribution in [0.3, 0.4) is 0 Å². The second-order valence-electron chi connectivity index (χ2n) is 5.84. The smallest absolute Gasteiger partial charge is 0.328 e. The Morgan fingerprint density at radius 1 is 1.29 bits per heavy atom. The Morgan fingerprint density at radius 2 is 1.95 bits per heavy atom. The zero-order valence-electron chi connectivity index (χ0n) is 13.1. The first kappa shape index (κ1) is 18.0. The molecule has 1 saturated heterocycles. The Balaban J connectivity index is 2.00. The molecule has 1 rings (SSSR count). The van der Waals surface area contributed by atoms with Crippen LogP contribution in [0.4, 0.5) is 0 Å². The van der Waals surface area contributed by atoms with Crippen molar-refractivity contribution in [1.82, 2.24) is 5.32 Å². The lowest BCUT2D eigenvalue weighted by Gasteiger charge is -2.12. The van der Waals surface area contributed by atoms with Gasteiger partial charge in [0.15, 0.2) is 0 Å². The molecular formula is C16H29NO4. The van der Waals surface area contributed by atoms with E-state index >= 15 is 0 Å². The molecule has 1 aliphatic rings. The lowest BCUT2D eigenvalue weighted by atomic mass is 10.0. The van der Waals surface area contributed by atoms with Gasteiger partial charge < -0.3 is 15.2 Å². The highest BCUT2D eigenvalue weighted by Gasteiger charge is 2.28. The van der Waals surface area contributed by atoms with Gasteiger partial charge in [0.2, 0.25) is 5.91 Å². The lowest BCUT2D eigenvalue weighted by Crippen LogP contribution is -2.39. The van der Waals surface area contributed by atoms with Gasteiger partial charge in [0.25, 0.3) is 0 Å². The highest BCUT2D eigenvalue weighted by atomic mass is 16.5. The minimum atomic E-state index is -0.613. The Hall–Kier alpha value is -1.10. The summed E-state index contributed by atoms with van der Waals surface area (Å²) in [7, 11) is 0. The molecule has 2 N–H and O–H groups in total. The molecule has 0 aromatic carbocycles. The Kier molecular flexibility index (Phi) is 9.06. The summed E-state index contributed by atoms with van der Waals surface area (Å²) in [5.74, 6) is -0.640. The van der Waals surface area contributed by atoms with Gasteiger partial charge in [0, 0.05) is 6.42 Å². The number of hydrogen-bond acceptors (Lipinski definition) is 4. The highest BCUT2D eigenvalue weighted by Crippen LogP contribution is 2.12. The average molecular weight is 299 g/mol. The van der Waals surface area contributed by atoms with Crippen molar-refractivity contribution in [2.45, 2.75) is 83.3 Å². The largest absolute Gasteiger partial charge is 0.464 e. The molecular weight excluding hydrogens is 270 g/mol. The zero-order chi connectivity index (χ0) is 15.5. The number of carbonyl (C=O) groups excluding carboxylic acids is 2. The molecule has 0 unspecified atom stereocenters. The summed E-state index contributed by atoms with van der Waals surface area (Å²) < 4.78 is 4.77. The molecule has 5 heteroatoms. The summed E-state index contributed by atoms with van der Waals surface area (Å²) in [5, 5.41) is 12.4. The van der Waals surface area contributed by atoms with E-state index in [0.717, 1.165) is 12.8 Å². The van der Waals surface area contributed by atoms with Crippen molar-refractivity contribution in [3.63, 3.8) is 0 Å². The molecule has 0 saturated carbocycles. The van der Waals surface area contributed by atoms with Crippen LogP contribution in [-0.4, -0.2) is 35.7 Å². The molecule has 0 spiro atoms. The van der Waals surface area contributed by atoms with E-state index in [2.05, 4.69) is 12.2 Å². The average Bonchev–Trinajstić information content (AvgIpc) is 2.83. The summed E-state index contributed by atoms with van der Waals surface area (Å²) in [6.45, 7) is 2.57. The molecule has 1 fully saturated rings. The van der Waals surface area contributed by atoms with Crippen molar-refractivity contribution in [2.24, 2.45) is 0 Å². The van der Waals surface area contributed by atoms with Gasteiger partial charge in [-0.2, -0.15) is 0 Å². The van der Waals surface area contributed by atoms with Gasteiger partial charge in [0.05, 0.1) is 19.1 Å². The van der Waals surface area contributed by atoms with Crippen LogP contribution in [0.15, 0.2) is 0 Å². The molecule has 1 aliphatic heterocycles. The van der Waals surface area contributed by atoms with Crippen LogP contribution < -0.4 is 5.32 Å². The second kappa shape index (κ2) is 10.6. The third-order valence-electron chi connectivity index (χ3n) is 3.83. The van der Waals surface area contributed by atoms with E-state index in [1.165, 1.54) is 32.1 Å². The molecule has 0 aromatic rings. The van der Waals surface area contributed by atoms with Crippen LogP contribution in [-0.2, 0) is 14.3 Å². The Bertz CT molecular complexity index is 319. The quantitative estimate of drug-likeness (QED) is 0.453. The topological polar surface area (TPSA) is 75.6 Å². The minimum absolute atomic E-state index is 0.0691. The van der Waals surface area contributed by atoms with Crippen LogP contribution >= 0.6 is 0 Å². The monoisotopic (exact) mass is 299 g/mol. The number of esters is 1. The van der Waals surface area contributed by atoms with Crippen LogP contribution in [0.2, 0.25) is 0 Å². The molecule has 1 heterocycles. The van der Waals surface area contributed by atoms with Crippen molar-refractivity contribution in [2.75, 3.05) is 6.61 Å². The minimum Gasteiger partial charge on any atom is -0.464 e. The van der Waals surface area contributed by atoms with E-state index in [-0.39, 0.29) is 18.3 Å². The fourth-order valence-electron chi connectivity index (χ4n) is 2.53. The first-order valence-corrected chi connectivity index (χ1v) is 8.27. The molecule has 0 bridgehead atoms. The molecule has 0 aromatic heterocycles. The SMILES string of the molecule is CCCCCCCCC[C@H](O)CC(=O)N[C@H]1CCOC1=O. The number of hydrogen-bond donors (Lipinski definition) is 2. The molecule has 5 nitrogen and oxygen atoms in total. The van der Waals surface area contributed by atoms with Gasteiger partial charge in [-0.1, -0.05) is 51.9 Å². The molecule has 0 radical (unpaired) electrons. The highest BCUT2D eigenvalue weighted by molar-refractivity contribution is 5.85. The molecule has 21 heavy (non-hydrogen) atoms. The number of nitrogens with one attached hydrogen (secondary N) is 1. The Morgan fingerprint density at radius 3 is 2.57 bits per heavy atom. The Labute approximate surface area is 127 Å². The van der Waals surface area contributed by atoms with Gasteiger partial charge in [0.1, 0.15) is 6.04 Å². The zero-order valence-corrected chi connectivity index (χ0v) is 13.1. The number of unbranched alkanes of at least 4 members (excludes halogenated alkanes) is 6. The first-order chi connectivity index (χ1) is 10.1. The molecule has 2 atom stereocenters. The third kappa shape index (κ3) is 8.05. The van der Waals surface area contributed by atoms with Crippen molar-refractivity contribution in [3.8, 4) is 0 Å². The fraction of sp³-hybridized carbons (Fsp3) is 0.875. The third-order valence-corrected chi connectivity index (χ3v) is 3.83. The van der Waals surface area contributed by atoms with E-state index in [4.69, 9.17) is 4.74 Å². The molecule has 122 valence electrons. The van der Waals surface area contributed by atoms with Crippen molar-refractivity contribution < 1.29 is 19.4 Å². The van der Waals surface area contributed by atoms with Crippen LogP contribution in [0.5, 0.6) is 0 Å². The van der Waals surface area contributed by atoms with Crippen LogP contribution in [0.25, 0.3) is 0 Å². The van der Waals surface area contributed by atoms with E-state index in [9.17, 15) is 14.7 Å². The maximum atomic E-state index is 11.7. The molecule has 1 amide bonds. The van der Waals surface area contributed by atoms with Crippen molar-refractivity contribution in [3.05, 3.63) is 0 Å².